The summed E-state index contributed by atoms with van der Waals surface area (Å²) in [5, 5.41) is 4.42. The van der Waals surface area contributed by atoms with Crippen LogP contribution in [-0.4, -0.2) is 24.2 Å². The number of benzene rings is 1. The van der Waals surface area contributed by atoms with Crippen molar-refractivity contribution in [3.63, 3.8) is 0 Å². The van der Waals surface area contributed by atoms with E-state index in [1.54, 1.807) is 6.20 Å². The molecule has 1 aromatic heterocycles. The second kappa shape index (κ2) is 5.97. The molecule has 2 aromatic rings. The van der Waals surface area contributed by atoms with Crippen LogP contribution in [0, 0.1) is 0 Å². The van der Waals surface area contributed by atoms with Crippen LogP contribution in [0.2, 0.25) is 0 Å². The van der Waals surface area contributed by atoms with Gasteiger partial charge in [-0.25, -0.2) is 0 Å². The Labute approximate surface area is 126 Å². The molecule has 1 aliphatic rings. The van der Waals surface area contributed by atoms with E-state index in [-0.39, 0.29) is 0 Å². The summed E-state index contributed by atoms with van der Waals surface area (Å²) in [6, 6.07) is 5.92. The number of halogens is 1. The van der Waals surface area contributed by atoms with Crippen molar-refractivity contribution < 1.29 is 4.74 Å². The summed E-state index contributed by atoms with van der Waals surface area (Å²) in [6.07, 6.45) is 5.60. The van der Waals surface area contributed by atoms with E-state index in [0.29, 0.717) is 6.10 Å². The van der Waals surface area contributed by atoms with Crippen molar-refractivity contribution in [3.8, 4) is 0 Å². The molecular weight excluding hydrogens is 318 g/mol. The van der Waals surface area contributed by atoms with Gasteiger partial charge in [-0.2, -0.15) is 0 Å². The van der Waals surface area contributed by atoms with Crippen LogP contribution in [0.5, 0.6) is 0 Å². The molecule has 1 unspecified atom stereocenters. The first kappa shape index (κ1) is 13.6. The van der Waals surface area contributed by atoms with Gasteiger partial charge in [0.15, 0.2) is 0 Å². The molecule has 0 radical (unpaired) electrons. The SMILES string of the molecule is Nc1ccc(NCCC2CCCO2)c2ncc(Br)cc12. The van der Waals surface area contributed by atoms with Gasteiger partial charge in [-0.1, -0.05) is 0 Å². The fourth-order valence-electron chi connectivity index (χ4n) is 2.60. The number of rotatable bonds is 4. The molecule has 0 amide bonds. The van der Waals surface area contributed by atoms with Crippen LogP contribution in [0.4, 0.5) is 11.4 Å². The zero-order valence-corrected chi connectivity index (χ0v) is 12.8. The summed E-state index contributed by atoms with van der Waals surface area (Å²) in [6.45, 7) is 1.80. The maximum absolute atomic E-state index is 6.01. The zero-order chi connectivity index (χ0) is 13.9. The molecule has 1 aliphatic heterocycles. The molecule has 1 atom stereocenters. The van der Waals surface area contributed by atoms with E-state index in [1.807, 2.05) is 18.2 Å². The third-order valence-electron chi connectivity index (χ3n) is 3.66. The second-order valence-electron chi connectivity index (χ2n) is 5.10. The van der Waals surface area contributed by atoms with Crippen LogP contribution < -0.4 is 11.1 Å². The normalized spacial score (nSPS) is 18.6. The van der Waals surface area contributed by atoms with Crippen LogP contribution >= 0.6 is 15.9 Å². The zero-order valence-electron chi connectivity index (χ0n) is 11.2. The molecule has 5 heteroatoms. The Hall–Kier alpha value is -1.33. The highest BCUT2D eigenvalue weighted by molar-refractivity contribution is 9.10. The molecule has 1 aromatic carbocycles. The van der Waals surface area contributed by atoms with Crippen LogP contribution in [0.25, 0.3) is 10.9 Å². The summed E-state index contributed by atoms with van der Waals surface area (Å²) < 4.78 is 6.57. The Bertz CT molecular complexity index is 611. The van der Waals surface area contributed by atoms with Gasteiger partial charge >= 0.3 is 0 Å². The average molecular weight is 336 g/mol. The number of nitrogens with zero attached hydrogens (tertiary/aromatic N) is 1. The number of nitrogens with two attached hydrogens (primary N) is 1. The minimum Gasteiger partial charge on any atom is -0.398 e. The average Bonchev–Trinajstić information content (AvgIpc) is 2.95. The number of ether oxygens (including phenoxy) is 1. The van der Waals surface area contributed by atoms with Crippen molar-refractivity contribution in [2.24, 2.45) is 0 Å². The van der Waals surface area contributed by atoms with Gasteiger partial charge < -0.3 is 15.8 Å². The largest absolute Gasteiger partial charge is 0.398 e. The molecule has 4 nitrogen and oxygen atoms in total. The van der Waals surface area contributed by atoms with E-state index in [9.17, 15) is 0 Å². The lowest BCUT2D eigenvalue weighted by atomic mass is 10.1. The predicted octanol–water partition coefficient (Wildman–Crippen LogP) is 3.56. The molecule has 106 valence electrons. The molecule has 0 spiro atoms. The maximum Gasteiger partial charge on any atom is 0.0954 e. The highest BCUT2D eigenvalue weighted by atomic mass is 79.9. The highest BCUT2D eigenvalue weighted by Gasteiger charge is 2.15. The minimum absolute atomic E-state index is 0.407. The van der Waals surface area contributed by atoms with E-state index in [0.717, 1.165) is 46.3 Å². The van der Waals surface area contributed by atoms with E-state index >= 15 is 0 Å². The van der Waals surface area contributed by atoms with Crippen molar-refractivity contribution in [3.05, 3.63) is 28.9 Å². The van der Waals surface area contributed by atoms with E-state index in [1.165, 1.54) is 12.8 Å². The van der Waals surface area contributed by atoms with E-state index in [2.05, 4.69) is 26.2 Å². The third-order valence-corrected chi connectivity index (χ3v) is 4.09. The van der Waals surface area contributed by atoms with Crippen molar-refractivity contribution in [2.45, 2.75) is 25.4 Å². The molecule has 2 heterocycles. The first-order valence-electron chi connectivity index (χ1n) is 6.93. The van der Waals surface area contributed by atoms with Crippen LogP contribution in [0.3, 0.4) is 0 Å². The number of anilines is 2. The number of nitrogen functional groups attached to an aromatic ring is 1. The lowest BCUT2D eigenvalue weighted by molar-refractivity contribution is 0.107. The van der Waals surface area contributed by atoms with Gasteiger partial charge in [-0.3, -0.25) is 4.98 Å². The fourth-order valence-corrected chi connectivity index (χ4v) is 2.93. The van der Waals surface area contributed by atoms with Gasteiger partial charge in [0.1, 0.15) is 0 Å². The standard InChI is InChI=1S/C15H18BrN3O/c16-10-8-12-13(17)3-4-14(15(12)19-9-10)18-6-5-11-2-1-7-20-11/h3-4,8-9,11,18H,1-2,5-7,17H2. The first-order valence-corrected chi connectivity index (χ1v) is 7.72. The number of aromatic nitrogens is 1. The lowest BCUT2D eigenvalue weighted by Gasteiger charge is -2.13. The molecule has 1 fully saturated rings. The summed E-state index contributed by atoms with van der Waals surface area (Å²) in [5.74, 6) is 0. The molecule has 1 saturated heterocycles. The van der Waals surface area contributed by atoms with Crippen molar-refractivity contribution in [2.75, 3.05) is 24.2 Å². The summed E-state index contributed by atoms with van der Waals surface area (Å²) >= 11 is 3.43. The van der Waals surface area contributed by atoms with Gasteiger partial charge in [0.25, 0.3) is 0 Å². The van der Waals surface area contributed by atoms with Crippen molar-refractivity contribution in [1.29, 1.82) is 0 Å². The second-order valence-corrected chi connectivity index (χ2v) is 6.02. The minimum atomic E-state index is 0.407. The van der Waals surface area contributed by atoms with Crippen LogP contribution in [0.1, 0.15) is 19.3 Å². The quantitative estimate of drug-likeness (QED) is 0.838. The molecule has 3 N–H and O–H groups in total. The number of nitrogens with one attached hydrogen (secondary N) is 1. The molecule has 0 aliphatic carbocycles. The molecular formula is C15H18BrN3O. The number of fused-ring (bicyclic) bond motifs is 1. The number of hydrogen-bond donors (Lipinski definition) is 2. The van der Waals surface area contributed by atoms with Gasteiger partial charge in [0.05, 0.1) is 17.3 Å². The Balaban J connectivity index is 1.75. The Morgan fingerprint density at radius 3 is 3.15 bits per heavy atom. The van der Waals surface area contributed by atoms with E-state index < -0.39 is 0 Å². The molecule has 20 heavy (non-hydrogen) atoms. The Morgan fingerprint density at radius 2 is 2.35 bits per heavy atom. The monoisotopic (exact) mass is 335 g/mol. The van der Waals surface area contributed by atoms with Gasteiger partial charge in [0, 0.05) is 34.9 Å². The number of pyridine rings is 1. The fraction of sp³-hybridized carbons (Fsp3) is 0.400. The van der Waals surface area contributed by atoms with Crippen LogP contribution in [0.15, 0.2) is 28.9 Å². The van der Waals surface area contributed by atoms with E-state index in [4.69, 9.17) is 10.5 Å². The van der Waals surface area contributed by atoms with Gasteiger partial charge in [-0.15, -0.1) is 0 Å². The third kappa shape index (κ3) is 2.88. The molecule has 0 saturated carbocycles. The Morgan fingerprint density at radius 1 is 1.45 bits per heavy atom. The van der Waals surface area contributed by atoms with Crippen LogP contribution in [-0.2, 0) is 4.74 Å². The lowest BCUT2D eigenvalue weighted by Crippen LogP contribution is -2.12. The number of hydrogen-bond acceptors (Lipinski definition) is 4. The summed E-state index contributed by atoms with van der Waals surface area (Å²) in [5.41, 5.74) is 8.71. The van der Waals surface area contributed by atoms with Crippen molar-refractivity contribution >= 4 is 38.2 Å². The van der Waals surface area contributed by atoms with Gasteiger partial charge in [-0.05, 0) is 53.4 Å². The maximum atomic E-state index is 6.01. The first-order chi connectivity index (χ1) is 9.74. The van der Waals surface area contributed by atoms with Gasteiger partial charge in [0.2, 0.25) is 0 Å². The topological polar surface area (TPSA) is 60.2 Å². The molecule has 0 bridgehead atoms. The summed E-state index contributed by atoms with van der Waals surface area (Å²) in [4.78, 5) is 4.47. The highest BCUT2D eigenvalue weighted by Crippen LogP contribution is 2.29. The van der Waals surface area contributed by atoms with Crippen molar-refractivity contribution in [1.82, 2.24) is 4.98 Å². The predicted molar refractivity (Wildman–Crippen MR) is 85.9 cm³/mol. The smallest absolute Gasteiger partial charge is 0.0954 e. The molecule has 3 rings (SSSR count). The Kier molecular flexibility index (Phi) is 4.08. The summed E-state index contributed by atoms with van der Waals surface area (Å²) in [7, 11) is 0.